The van der Waals surface area contributed by atoms with E-state index in [4.69, 9.17) is 24.0 Å². The second-order valence-corrected chi connectivity index (χ2v) is 21.5. The number of hydrogen-bond donors (Lipinski definition) is 5. The SMILES string of the molecule is COc1cccc(OC)c1-c1cc(C(=O)NC2(C(=O)O)C3CC4CC(C3)CC2C4)nn1-c1ccc(N(CCCN(C)C)C(=O)COCCOCCNC(=O)CN2CCN(CC(=O)O)CCN(CC(=O)O)CC2)cc1C(C)C. The van der Waals surface area contributed by atoms with Gasteiger partial charge in [0.05, 0.1) is 70.6 Å². The molecular formula is C55H79N9O13. The smallest absolute Gasteiger partial charge is 0.330 e. The van der Waals surface area contributed by atoms with Gasteiger partial charge in [-0.15, -0.1) is 0 Å². The molecule has 5 fully saturated rings. The number of benzene rings is 2. The molecule has 3 aromatic rings. The lowest BCUT2D eigenvalue weighted by Crippen LogP contribution is -2.70. The summed E-state index contributed by atoms with van der Waals surface area (Å²) in [5.41, 5.74) is 1.81. The van der Waals surface area contributed by atoms with Gasteiger partial charge >= 0.3 is 17.9 Å². The molecule has 1 aliphatic heterocycles. The Kier molecular flexibility index (Phi) is 20.5. The van der Waals surface area contributed by atoms with Crippen molar-refractivity contribution in [2.45, 2.75) is 63.8 Å². The summed E-state index contributed by atoms with van der Waals surface area (Å²) in [4.78, 5) is 86.9. The highest BCUT2D eigenvalue weighted by Gasteiger charge is 2.62. The van der Waals surface area contributed by atoms with Gasteiger partial charge in [-0.3, -0.25) is 38.7 Å². The number of nitrogens with one attached hydrogen (secondary N) is 2. The zero-order chi connectivity index (χ0) is 55.4. The van der Waals surface area contributed by atoms with E-state index in [1.807, 2.05) is 55.9 Å². The summed E-state index contributed by atoms with van der Waals surface area (Å²) in [7, 11) is 7.05. The summed E-state index contributed by atoms with van der Waals surface area (Å²) in [6.07, 6.45) is 4.93. The molecule has 4 aliphatic carbocycles. The summed E-state index contributed by atoms with van der Waals surface area (Å²) >= 11 is 0. The Balaban J connectivity index is 1.02. The van der Waals surface area contributed by atoms with Gasteiger partial charge in [-0.25, -0.2) is 9.48 Å². The van der Waals surface area contributed by atoms with Crippen LogP contribution in [0, 0.1) is 23.7 Å². The number of rotatable bonds is 27. The molecule has 5 aliphatic rings. The normalized spacial score (nSPS) is 21.8. The molecule has 8 rings (SSSR count). The monoisotopic (exact) mass is 1070 g/mol. The highest BCUT2D eigenvalue weighted by Crippen LogP contribution is 2.58. The number of ether oxygens (including phenoxy) is 4. The van der Waals surface area contributed by atoms with Crippen molar-refractivity contribution in [1.29, 1.82) is 0 Å². The van der Waals surface area contributed by atoms with Crippen LogP contribution in [0.2, 0.25) is 0 Å². The second-order valence-electron chi connectivity index (χ2n) is 21.5. The second kappa shape index (κ2) is 26.9. The van der Waals surface area contributed by atoms with Crippen molar-refractivity contribution in [1.82, 2.24) is 40.0 Å². The number of carbonyl (C=O) groups is 6. The van der Waals surface area contributed by atoms with Crippen molar-refractivity contribution < 1.29 is 63.0 Å². The molecule has 0 unspecified atom stereocenters. The maximum absolute atomic E-state index is 14.6. The van der Waals surface area contributed by atoms with Gasteiger partial charge in [0.15, 0.2) is 5.69 Å². The first-order valence-corrected chi connectivity index (χ1v) is 26.9. The predicted octanol–water partition coefficient (Wildman–Crippen LogP) is 3.21. The highest BCUT2D eigenvalue weighted by molar-refractivity contribution is 5.98. The van der Waals surface area contributed by atoms with Gasteiger partial charge in [-0.2, -0.15) is 5.10 Å². The van der Waals surface area contributed by atoms with E-state index in [9.17, 15) is 44.1 Å². The molecule has 3 amide bonds. The number of amides is 3. The minimum absolute atomic E-state index is 0.0454. The fourth-order valence-electron chi connectivity index (χ4n) is 12.1. The minimum Gasteiger partial charge on any atom is -0.496 e. The van der Waals surface area contributed by atoms with E-state index in [1.165, 1.54) is 0 Å². The quantitative estimate of drug-likeness (QED) is 0.0687. The van der Waals surface area contributed by atoms with Gasteiger partial charge in [-0.1, -0.05) is 19.9 Å². The lowest BCUT2D eigenvalue weighted by atomic mass is 9.48. The van der Waals surface area contributed by atoms with E-state index < -0.39 is 29.4 Å². The van der Waals surface area contributed by atoms with Crippen molar-refractivity contribution in [3.05, 3.63) is 53.7 Å². The number of carbonyl (C=O) groups excluding carboxylic acids is 3. The molecule has 22 nitrogen and oxygen atoms in total. The minimum atomic E-state index is -1.38. The maximum Gasteiger partial charge on any atom is 0.330 e. The van der Waals surface area contributed by atoms with Crippen LogP contribution < -0.4 is 25.0 Å². The topological polar surface area (TPSA) is 258 Å². The lowest BCUT2D eigenvalue weighted by molar-refractivity contribution is -0.163. The van der Waals surface area contributed by atoms with Crippen molar-refractivity contribution in [2.75, 3.05) is 138 Å². The lowest BCUT2D eigenvalue weighted by Gasteiger charge is -2.59. The molecule has 0 atom stereocenters. The molecule has 1 saturated heterocycles. The summed E-state index contributed by atoms with van der Waals surface area (Å²) in [5.74, 6) is -2.51. The molecule has 0 spiro atoms. The van der Waals surface area contributed by atoms with Crippen LogP contribution in [-0.4, -0.2) is 219 Å². The van der Waals surface area contributed by atoms with E-state index in [-0.39, 0.29) is 87.9 Å². The third-order valence-electron chi connectivity index (χ3n) is 15.6. The van der Waals surface area contributed by atoms with Crippen LogP contribution in [0.5, 0.6) is 11.5 Å². The average Bonchev–Trinajstić information content (AvgIpc) is 3.93. The number of methoxy groups -OCH3 is 2. The van der Waals surface area contributed by atoms with Crippen molar-refractivity contribution in [3.8, 4) is 28.4 Å². The maximum atomic E-state index is 14.6. The fourth-order valence-corrected chi connectivity index (χ4v) is 12.1. The molecule has 5 N–H and O–H groups in total. The molecule has 2 heterocycles. The Morgan fingerprint density at radius 1 is 0.740 bits per heavy atom. The fraction of sp³-hybridized carbons (Fsp3) is 0.618. The third-order valence-corrected chi connectivity index (χ3v) is 15.6. The van der Waals surface area contributed by atoms with E-state index >= 15 is 0 Å². The van der Waals surface area contributed by atoms with E-state index in [2.05, 4.69) is 10.6 Å². The zero-order valence-corrected chi connectivity index (χ0v) is 45.5. The van der Waals surface area contributed by atoms with Crippen LogP contribution in [-0.2, 0) is 33.4 Å². The number of carboxylic acid groups (broad SMARTS) is 3. The Hall–Kier alpha value is -6.17. The Morgan fingerprint density at radius 2 is 1.31 bits per heavy atom. The molecule has 1 aromatic heterocycles. The first-order chi connectivity index (χ1) is 36.9. The number of nitrogens with zero attached hydrogens (tertiary/aromatic N) is 7. The molecule has 2 aromatic carbocycles. The van der Waals surface area contributed by atoms with E-state index in [0.717, 1.165) is 44.2 Å². The van der Waals surface area contributed by atoms with Crippen LogP contribution in [0.3, 0.4) is 0 Å². The van der Waals surface area contributed by atoms with Gasteiger partial charge in [0.2, 0.25) is 5.91 Å². The van der Waals surface area contributed by atoms with Crippen LogP contribution in [0.25, 0.3) is 16.9 Å². The van der Waals surface area contributed by atoms with E-state index in [1.54, 1.807) is 57.9 Å². The first kappa shape index (κ1) is 58.5. The Bertz CT molecular complexity index is 2470. The van der Waals surface area contributed by atoms with Gasteiger partial charge in [0, 0.05) is 58.0 Å². The highest BCUT2D eigenvalue weighted by atomic mass is 16.5. The van der Waals surface area contributed by atoms with Crippen molar-refractivity contribution in [2.24, 2.45) is 23.7 Å². The predicted molar refractivity (Wildman–Crippen MR) is 286 cm³/mol. The summed E-state index contributed by atoms with van der Waals surface area (Å²) in [5, 5.41) is 40.5. The Morgan fingerprint density at radius 3 is 1.84 bits per heavy atom. The largest absolute Gasteiger partial charge is 0.496 e. The molecule has 22 heteroatoms. The molecule has 422 valence electrons. The summed E-state index contributed by atoms with van der Waals surface area (Å²) in [6.45, 7) is 7.93. The van der Waals surface area contributed by atoms with Crippen molar-refractivity contribution in [3.63, 3.8) is 0 Å². The summed E-state index contributed by atoms with van der Waals surface area (Å²) in [6, 6.07) is 12.8. The summed E-state index contributed by atoms with van der Waals surface area (Å²) < 4.78 is 25.0. The zero-order valence-electron chi connectivity index (χ0n) is 45.5. The number of aliphatic carboxylic acids is 3. The van der Waals surface area contributed by atoms with Gasteiger partial charge in [-0.05, 0) is 131 Å². The van der Waals surface area contributed by atoms with Crippen LogP contribution in [0.4, 0.5) is 5.69 Å². The van der Waals surface area contributed by atoms with Gasteiger partial charge in [0.25, 0.3) is 11.8 Å². The van der Waals surface area contributed by atoms with Crippen LogP contribution in [0.15, 0.2) is 42.5 Å². The number of hydrogen-bond acceptors (Lipinski definition) is 15. The van der Waals surface area contributed by atoms with E-state index in [0.29, 0.717) is 98.2 Å². The first-order valence-electron chi connectivity index (χ1n) is 26.9. The van der Waals surface area contributed by atoms with Crippen LogP contribution >= 0.6 is 0 Å². The molecule has 4 saturated carbocycles. The number of anilines is 1. The number of aromatic nitrogens is 2. The molecule has 77 heavy (non-hydrogen) atoms. The molecular weight excluding hydrogens is 995 g/mol. The van der Waals surface area contributed by atoms with Crippen LogP contribution in [0.1, 0.15) is 74.3 Å². The van der Waals surface area contributed by atoms with Gasteiger partial charge < -0.3 is 54.7 Å². The standard InChI is InChI=1S/C55H79N9O13/c1-36(2)42-30-41(63(15-8-14-59(3)4)49(66)35-77-24-23-76-22-13-56-48(65)32-60-16-18-61(33-50(67)68)20-21-62(19-17-60)34-51(69)70)11-12-44(42)64-45(52-46(74-5)9-7-10-47(52)75-6)31-43(58-64)53(71)57-55(54(72)73)39-26-37-25-38(28-39)29-40(55)27-37/h7,9-12,30-31,36-40H,8,13-29,32-35H2,1-6H3,(H,56,65)(H,57,71)(H,67,68)(H,69,70)(H,72,73). The average molecular weight is 1070 g/mol. The molecule has 4 bridgehead atoms. The third kappa shape index (κ3) is 14.7. The number of carboxylic acids is 3. The van der Waals surface area contributed by atoms with Crippen molar-refractivity contribution >= 4 is 41.3 Å². The Labute approximate surface area is 450 Å². The molecule has 0 radical (unpaired) electrons. The van der Waals surface area contributed by atoms with Gasteiger partial charge in [0.1, 0.15) is 23.6 Å².